The molecule has 7 nitrogen and oxygen atoms in total. The lowest BCUT2D eigenvalue weighted by Gasteiger charge is -2.36. The van der Waals surface area contributed by atoms with Crippen molar-refractivity contribution in [3.05, 3.63) is 17.1 Å². The highest BCUT2D eigenvalue weighted by atomic mass is 32.2. The lowest BCUT2D eigenvalue weighted by molar-refractivity contribution is 0.0594. The molecule has 130 valence electrons. The molecule has 0 amide bonds. The van der Waals surface area contributed by atoms with Crippen LogP contribution in [-0.2, 0) is 14.8 Å². The maximum Gasteiger partial charge on any atom is 0.342 e. The Balaban J connectivity index is 2.57. The van der Waals surface area contributed by atoms with Gasteiger partial charge >= 0.3 is 5.97 Å². The number of esters is 1. The molecule has 1 aromatic heterocycles. The Morgan fingerprint density at radius 3 is 2.57 bits per heavy atom. The number of hydrogen-bond donors (Lipinski definition) is 1. The number of piperidine rings is 1. The van der Waals surface area contributed by atoms with Crippen molar-refractivity contribution >= 4 is 16.0 Å². The summed E-state index contributed by atoms with van der Waals surface area (Å²) in [5.74, 6) is -0.286. The summed E-state index contributed by atoms with van der Waals surface area (Å²) in [6.07, 6.45) is 2.41. The molecular formula is C15H24N2O5S. The number of nitrogens with two attached hydrogens (primary N) is 1. The Kier molecular flexibility index (Phi) is 5.17. The molecule has 1 aliphatic rings. The molecule has 8 heteroatoms. The number of hydrogen-bond acceptors (Lipinski definition) is 6. The van der Waals surface area contributed by atoms with Crippen molar-refractivity contribution in [2.45, 2.75) is 57.0 Å². The highest BCUT2D eigenvalue weighted by Gasteiger charge is 2.40. The first-order valence-corrected chi connectivity index (χ1v) is 9.11. The number of ether oxygens (including phenoxy) is 1. The monoisotopic (exact) mass is 344 g/mol. The third-order valence-electron chi connectivity index (χ3n) is 4.27. The Bertz CT molecular complexity index is 693. The van der Waals surface area contributed by atoms with Crippen molar-refractivity contribution in [3.8, 4) is 0 Å². The Morgan fingerprint density at radius 1 is 1.35 bits per heavy atom. The molecule has 1 saturated heterocycles. The number of rotatable bonds is 4. The van der Waals surface area contributed by atoms with Gasteiger partial charge < -0.3 is 14.9 Å². The first-order valence-electron chi connectivity index (χ1n) is 7.67. The molecule has 0 saturated carbocycles. The number of carbonyl (C=O) groups is 1. The van der Waals surface area contributed by atoms with Crippen LogP contribution in [0.4, 0.5) is 0 Å². The summed E-state index contributed by atoms with van der Waals surface area (Å²) in [6, 6.07) is -0.575. The van der Waals surface area contributed by atoms with E-state index in [9.17, 15) is 13.2 Å². The largest absolute Gasteiger partial charge is 0.465 e. The average Bonchev–Trinajstić information content (AvgIpc) is 2.81. The third kappa shape index (κ3) is 3.15. The fourth-order valence-corrected chi connectivity index (χ4v) is 5.33. The topological polar surface area (TPSA) is 103 Å². The molecule has 0 aliphatic carbocycles. The first kappa shape index (κ1) is 18.0. The van der Waals surface area contributed by atoms with Crippen LogP contribution in [0.2, 0.25) is 0 Å². The minimum atomic E-state index is -3.89. The van der Waals surface area contributed by atoms with E-state index >= 15 is 0 Å². The number of methoxy groups -OCH3 is 1. The second-order valence-corrected chi connectivity index (χ2v) is 7.78. The summed E-state index contributed by atoms with van der Waals surface area (Å²) in [5, 5.41) is 0. The lowest BCUT2D eigenvalue weighted by Crippen LogP contribution is -2.51. The van der Waals surface area contributed by atoms with Crippen LogP contribution in [0.15, 0.2) is 9.31 Å². The average molecular weight is 344 g/mol. The zero-order valence-corrected chi connectivity index (χ0v) is 14.8. The Labute approximate surface area is 136 Å². The van der Waals surface area contributed by atoms with Gasteiger partial charge in [0.15, 0.2) is 0 Å². The van der Waals surface area contributed by atoms with E-state index in [1.165, 1.54) is 18.3 Å². The van der Waals surface area contributed by atoms with Gasteiger partial charge in [0, 0.05) is 18.6 Å². The van der Waals surface area contributed by atoms with Gasteiger partial charge in [-0.15, -0.1) is 0 Å². The van der Waals surface area contributed by atoms with Crippen molar-refractivity contribution in [2.75, 3.05) is 13.7 Å². The molecule has 1 aliphatic heterocycles. The Hall–Kier alpha value is -1.38. The molecule has 2 atom stereocenters. The van der Waals surface area contributed by atoms with Gasteiger partial charge in [0.2, 0.25) is 10.0 Å². The Morgan fingerprint density at radius 2 is 2.00 bits per heavy atom. The minimum Gasteiger partial charge on any atom is -0.465 e. The normalized spacial score (nSPS) is 21.2. The van der Waals surface area contributed by atoms with Gasteiger partial charge in [0.1, 0.15) is 22.0 Å². The fourth-order valence-electron chi connectivity index (χ4n) is 3.18. The predicted molar refractivity (Wildman–Crippen MR) is 84.7 cm³/mol. The van der Waals surface area contributed by atoms with Crippen LogP contribution in [0.25, 0.3) is 0 Å². The van der Waals surface area contributed by atoms with Crippen molar-refractivity contribution in [1.82, 2.24) is 4.31 Å². The fraction of sp³-hybridized carbons (Fsp3) is 0.667. The lowest BCUT2D eigenvalue weighted by atomic mass is 10.00. The van der Waals surface area contributed by atoms with Gasteiger partial charge in [-0.25, -0.2) is 13.2 Å². The van der Waals surface area contributed by atoms with E-state index in [4.69, 9.17) is 14.9 Å². The quantitative estimate of drug-likeness (QED) is 0.832. The van der Waals surface area contributed by atoms with E-state index in [-0.39, 0.29) is 34.1 Å². The van der Waals surface area contributed by atoms with Gasteiger partial charge in [0.05, 0.1) is 7.11 Å². The molecule has 2 N–H and O–H groups in total. The highest BCUT2D eigenvalue weighted by molar-refractivity contribution is 7.89. The van der Waals surface area contributed by atoms with Gasteiger partial charge in [-0.3, -0.25) is 0 Å². The molecular weight excluding hydrogens is 320 g/mol. The molecule has 0 spiro atoms. The zero-order valence-electron chi connectivity index (χ0n) is 14.0. The summed E-state index contributed by atoms with van der Waals surface area (Å²) in [6.45, 7) is 5.28. The van der Waals surface area contributed by atoms with E-state index in [1.54, 1.807) is 13.8 Å². The van der Waals surface area contributed by atoms with E-state index in [0.29, 0.717) is 13.0 Å². The molecule has 1 aromatic rings. The van der Waals surface area contributed by atoms with Crippen LogP contribution in [0.5, 0.6) is 0 Å². The number of nitrogens with zero attached hydrogens (tertiary/aromatic N) is 1. The highest BCUT2D eigenvalue weighted by Crippen LogP contribution is 2.33. The number of sulfonamides is 1. The molecule has 2 rings (SSSR count). The van der Waals surface area contributed by atoms with Crippen molar-refractivity contribution in [2.24, 2.45) is 5.73 Å². The SMILES string of the molecule is COC(=O)c1c(C)oc(C)c1S(=O)(=O)N1CCCCC1C(C)N. The molecule has 0 aromatic carbocycles. The van der Waals surface area contributed by atoms with Crippen LogP contribution >= 0.6 is 0 Å². The minimum absolute atomic E-state index is 0.0287. The molecule has 1 fully saturated rings. The van der Waals surface area contributed by atoms with Crippen LogP contribution in [0.3, 0.4) is 0 Å². The van der Waals surface area contributed by atoms with E-state index in [2.05, 4.69) is 0 Å². The van der Waals surface area contributed by atoms with Crippen molar-refractivity contribution < 1.29 is 22.4 Å². The van der Waals surface area contributed by atoms with Crippen LogP contribution in [0.1, 0.15) is 48.1 Å². The van der Waals surface area contributed by atoms with Crippen LogP contribution < -0.4 is 5.73 Å². The van der Waals surface area contributed by atoms with E-state index in [1.807, 2.05) is 0 Å². The number of carbonyl (C=O) groups excluding carboxylic acids is 1. The number of aryl methyl sites for hydroxylation is 2. The van der Waals surface area contributed by atoms with Gasteiger partial charge in [-0.05, 0) is 33.6 Å². The summed E-state index contributed by atoms with van der Waals surface area (Å²) in [4.78, 5) is 11.9. The summed E-state index contributed by atoms with van der Waals surface area (Å²) >= 11 is 0. The molecule has 23 heavy (non-hydrogen) atoms. The van der Waals surface area contributed by atoms with Crippen molar-refractivity contribution in [3.63, 3.8) is 0 Å². The summed E-state index contributed by atoms with van der Waals surface area (Å²) in [5.41, 5.74) is 5.95. The van der Waals surface area contributed by atoms with Gasteiger partial charge in [-0.2, -0.15) is 4.31 Å². The molecule has 0 radical (unpaired) electrons. The van der Waals surface area contributed by atoms with Crippen LogP contribution in [0, 0.1) is 13.8 Å². The zero-order chi connectivity index (χ0) is 17.4. The first-order chi connectivity index (χ1) is 10.7. The van der Waals surface area contributed by atoms with Gasteiger partial charge in [-0.1, -0.05) is 6.42 Å². The second-order valence-electron chi connectivity index (χ2n) is 5.95. The van der Waals surface area contributed by atoms with Crippen LogP contribution in [-0.4, -0.2) is 44.4 Å². The maximum atomic E-state index is 13.2. The maximum absolute atomic E-state index is 13.2. The smallest absolute Gasteiger partial charge is 0.342 e. The van der Waals surface area contributed by atoms with E-state index < -0.39 is 16.0 Å². The summed E-state index contributed by atoms with van der Waals surface area (Å²) in [7, 11) is -2.68. The van der Waals surface area contributed by atoms with Crippen molar-refractivity contribution in [1.29, 1.82) is 0 Å². The van der Waals surface area contributed by atoms with E-state index in [0.717, 1.165) is 12.8 Å². The summed E-state index contributed by atoms with van der Waals surface area (Å²) < 4.78 is 37.9. The number of furan rings is 1. The predicted octanol–water partition coefficient (Wildman–Crippen LogP) is 1.57. The van der Waals surface area contributed by atoms with Gasteiger partial charge in [0.25, 0.3) is 0 Å². The standard InChI is InChI=1S/C15H24N2O5S/c1-9(16)12-7-5-6-8-17(12)23(19,20)14-11(3)22-10(2)13(14)15(18)21-4/h9,12H,5-8,16H2,1-4H3. The molecule has 0 bridgehead atoms. The molecule has 2 unspecified atom stereocenters. The molecule has 2 heterocycles. The third-order valence-corrected chi connectivity index (χ3v) is 6.34. The second kappa shape index (κ2) is 6.62.